The predicted octanol–water partition coefficient (Wildman–Crippen LogP) is -0.675. The van der Waals surface area contributed by atoms with Gasteiger partial charge in [-0.15, -0.1) is 0 Å². The van der Waals surface area contributed by atoms with Gasteiger partial charge in [0.2, 0.25) is 0 Å². The molecule has 1 unspecified atom stereocenters. The normalized spacial score (nSPS) is 45.1. The minimum atomic E-state index is -0.794. The molecule has 0 spiro atoms. The van der Waals surface area contributed by atoms with Crippen molar-refractivity contribution in [1.29, 1.82) is 0 Å². The molecule has 0 bridgehead atoms. The Morgan fingerprint density at radius 3 is 2.36 bits per heavy atom. The second-order valence-corrected chi connectivity index (χ2v) is 7.06. The molecule has 4 aliphatic heterocycles. The number of rotatable bonds is 0. The lowest BCUT2D eigenvalue weighted by molar-refractivity contribution is -0.321. The number of hydrogen-bond acceptors (Lipinski definition) is 6. The van der Waals surface area contributed by atoms with E-state index < -0.39 is 41.8 Å². The number of carbonyl (C=O) groups excluding carboxylic acids is 2. The summed E-state index contributed by atoms with van der Waals surface area (Å²) in [5, 5.41) is 2.69. The maximum atomic E-state index is 12.2. The van der Waals surface area contributed by atoms with Gasteiger partial charge in [0.1, 0.15) is 24.5 Å². The number of fused-ring (bicyclic) bond motifs is 6. The summed E-state index contributed by atoms with van der Waals surface area (Å²) in [6.07, 6.45) is -1.76. The van der Waals surface area contributed by atoms with Crippen molar-refractivity contribution in [2.24, 2.45) is 0 Å². The predicted molar refractivity (Wildman–Crippen MR) is 71.3 cm³/mol. The number of carbonyl (C=O) groups is 2. The van der Waals surface area contributed by atoms with Crippen LogP contribution in [0.25, 0.3) is 0 Å². The second kappa shape index (κ2) is 4.19. The van der Waals surface area contributed by atoms with E-state index in [0.717, 1.165) is 0 Å². The first-order valence-electron chi connectivity index (χ1n) is 7.49. The summed E-state index contributed by atoms with van der Waals surface area (Å²) in [5.41, 5.74) is 0. The van der Waals surface area contributed by atoms with E-state index in [9.17, 15) is 9.59 Å². The van der Waals surface area contributed by atoms with Crippen LogP contribution in [0.15, 0.2) is 0 Å². The minimum Gasteiger partial charge on any atom is -0.348 e. The topological polar surface area (TPSA) is 86.3 Å². The zero-order valence-electron chi connectivity index (χ0n) is 13.0. The van der Waals surface area contributed by atoms with E-state index in [2.05, 4.69) is 5.32 Å². The fourth-order valence-electron chi connectivity index (χ4n) is 3.77. The van der Waals surface area contributed by atoms with E-state index >= 15 is 0 Å². The van der Waals surface area contributed by atoms with E-state index in [0.29, 0.717) is 6.61 Å². The van der Waals surface area contributed by atoms with E-state index in [-0.39, 0.29) is 12.1 Å². The Bertz CT molecular complexity index is 547. The summed E-state index contributed by atoms with van der Waals surface area (Å²) in [4.78, 5) is 25.5. The zero-order valence-corrected chi connectivity index (χ0v) is 13.0. The molecule has 4 rings (SSSR count). The van der Waals surface area contributed by atoms with Gasteiger partial charge in [0.25, 0.3) is 0 Å². The molecule has 0 aromatic heterocycles. The van der Waals surface area contributed by atoms with Crippen LogP contribution in [0.3, 0.4) is 0 Å². The van der Waals surface area contributed by atoms with E-state index in [4.69, 9.17) is 18.9 Å². The Kier molecular flexibility index (Phi) is 2.74. The highest BCUT2D eigenvalue weighted by Crippen LogP contribution is 2.43. The summed E-state index contributed by atoms with van der Waals surface area (Å²) >= 11 is 0. The molecule has 5 atom stereocenters. The van der Waals surface area contributed by atoms with Crippen molar-refractivity contribution in [3.8, 4) is 0 Å². The van der Waals surface area contributed by atoms with Gasteiger partial charge in [0.15, 0.2) is 11.6 Å². The van der Waals surface area contributed by atoms with Crippen LogP contribution >= 0.6 is 0 Å². The minimum absolute atomic E-state index is 0.294. The molecule has 4 aliphatic rings. The lowest BCUT2D eigenvalue weighted by Crippen LogP contribution is -2.71. The molecule has 0 aliphatic carbocycles. The highest BCUT2D eigenvalue weighted by molar-refractivity contribution is 6.37. The molecule has 22 heavy (non-hydrogen) atoms. The van der Waals surface area contributed by atoms with Gasteiger partial charge in [0, 0.05) is 0 Å². The molecule has 4 fully saturated rings. The van der Waals surface area contributed by atoms with Gasteiger partial charge in [0.05, 0.1) is 12.6 Å². The van der Waals surface area contributed by atoms with Crippen molar-refractivity contribution in [1.82, 2.24) is 10.2 Å². The van der Waals surface area contributed by atoms with Crippen molar-refractivity contribution in [2.45, 2.75) is 69.8 Å². The average molecular weight is 312 g/mol. The third-order valence-corrected chi connectivity index (χ3v) is 4.56. The fraction of sp³-hybridized carbons (Fsp3) is 0.857. The lowest BCUT2D eigenvalue weighted by Gasteiger charge is -2.51. The van der Waals surface area contributed by atoms with Crippen LogP contribution < -0.4 is 5.32 Å². The third kappa shape index (κ3) is 1.91. The number of ether oxygens (including phenoxy) is 4. The van der Waals surface area contributed by atoms with Crippen molar-refractivity contribution in [3.63, 3.8) is 0 Å². The molecule has 0 aromatic carbocycles. The van der Waals surface area contributed by atoms with Crippen LogP contribution in [0.5, 0.6) is 0 Å². The second-order valence-electron chi connectivity index (χ2n) is 7.06. The maximum absolute atomic E-state index is 12.2. The first kappa shape index (κ1) is 14.4. The molecule has 0 radical (unpaired) electrons. The molecule has 8 heteroatoms. The average Bonchev–Trinajstić information content (AvgIpc) is 2.87. The van der Waals surface area contributed by atoms with Crippen LogP contribution in [0.4, 0.5) is 0 Å². The molecular formula is C14H20N2O6. The van der Waals surface area contributed by atoms with Gasteiger partial charge in [-0.05, 0) is 27.7 Å². The Labute approximate surface area is 128 Å². The van der Waals surface area contributed by atoms with E-state index in [1.54, 1.807) is 0 Å². The maximum Gasteiger partial charge on any atom is 0.314 e. The molecule has 2 amide bonds. The fourth-order valence-corrected chi connectivity index (χ4v) is 3.77. The summed E-state index contributed by atoms with van der Waals surface area (Å²) in [6.45, 7) is 7.56. The number of nitrogens with one attached hydrogen (secondary N) is 1. The van der Waals surface area contributed by atoms with Crippen molar-refractivity contribution < 1.29 is 28.5 Å². The largest absolute Gasteiger partial charge is 0.348 e. The summed E-state index contributed by atoms with van der Waals surface area (Å²) < 4.78 is 23.6. The molecule has 0 saturated carbocycles. The van der Waals surface area contributed by atoms with E-state index in [1.807, 2.05) is 27.7 Å². The first-order valence-corrected chi connectivity index (χ1v) is 7.49. The van der Waals surface area contributed by atoms with Gasteiger partial charge in [-0.1, -0.05) is 0 Å². The zero-order chi connectivity index (χ0) is 15.9. The van der Waals surface area contributed by atoms with Crippen molar-refractivity contribution in [2.75, 3.05) is 6.61 Å². The molecule has 4 saturated heterocycles. The van der Waals surface area contributed by atoms with Gasteiger partial charge >= 0.3 is 11.8 Å². The van der Waals surface area contributed by atoms with Crippen LogP contribution in [-0.4, -0.2) is 65.4 Å². The van der Waals surface area contributed by atoms with Crippen LogP contribution in [-0.2, 0) is 28.5 Å². The number of piperidine rings is 1. The smallest absolute Gasteiger partial charge is 0.314 e. The highest BCUT2D eigenvalue weighted by atomic mass is 16.8. The van der Waals surface area contributed by atoms with Crippen LogP contribution in [0.2, 0.25) is 0 Å². The van der Waals surface area contributed by atoms with Gasteiger partial charge < -0.3 is 29.2 Å². The van der Waals surface area contributed by atoms with Crippen molar-refractivity contribution in [3.05, 3.63) is 0 Å². The standard InChI is InChI=1S/C14H20N2O6/c1-13(2)19-5-6-7(20-13)8-9(22-14(3,4)21-8)10-15-11(17)12(18)16(6)10/h6-10H,5H2,1-4H3,(H,15,17)/t6-,7?,8+,9+,10+/m1/s1. The van der Waals surface area contributed by atoms with Crippen molar-refractivity contribution >= 4 is 11.8 Å². The molecule has 4 heterocycles. The first-order chi connectivity index (χ1) is 10.2. The number of hydrogen-bond donors (Lipinski definition) is 1. The SMILES string of the molecule is CC1(C)OC[C@@H]2C(O1)[C@@H]1OC(C)(C)O[C@@H]1[C@H]1NC(=O)C(=O)N21. The Morgan fingerprint density at radius 1 is 1.00 bits per heavy atom. The molecule has 8 nitrogen and oxygen atoms in total. The molecular weight excluding hydrogens is 292 g/mol. The van der Waals surface area contributed by atoms with Crippen LogP contribution in [0.1, 0.15) is 27.7 Å². The Balaban J connectivity index is 1.74. The Morgan fingerprint density at radius 2 is 1.64 bits per heavy atom. The summed E-state index contributed by atoms with van der Waals surface area (Å²) in [7, 11) is 0. The Hall–Kier alpha value is -1.22. The van der Waals surface area contributed by atoms with Gasteiger partial charge in [-0.2, -0.15) is 0 Å². The summed E-state index contributed by atoms with van der Waals surface area (Å²) in [5.74, 6) is -2.76. The quantitative estimate of drug-likeness (QED) is 0.597. The summed E-state index contributed by atoms with van der Waals surface area (Å²) in [6, 6.07) is -0.372. The third-order valence-electron chi connectivity index (χ3n) is 4.56. The number of nitrogens with zero attached hydrogens (tertiary/aromatic N) is 1. The van der Waals surface area contributed by atoms with Gasteiger partial charge in [-0.25, -0.2) is 0 Å². The monoisotopic (exact) mass is 312 g/mol. The van der Waals surface area contributed by atoms with Gasteiger partial charge in [-0.3, -0.25) is 9.59 Å². The lowest BCUT2D eigenvalue weighted by atomic mass is 9.91. The van der Waals surface area contributed by atoms with Crippen LogP contribution in [0, 0.1) is 0 Å². The molecule has 1 N–H and O–H groups in total. The highest BCUT2D eigenvalue weighted by Gasteiger charge is 2.64. The van der Waals surface area contributed by atoms with E-state index in [1.165, 1.54) is 4.90 Å². The number of amides is 2. The molecule has 122 valence electrons. The molecule has 0 aromatic rings.